The highest BCUT2D eigenvalue weighted by Crippen LogP contribution is 2.25. The molecule has 2 saturated heterocycles. The Bertz CT molecular complexity index is 566. The lowest BCUT2D eigenvalue weighted by Crippen LogP contribution is -2.56. The van der Waals surface area contributed by atoms with Crippen LogP contribution in [0.5, 0.6) is 0 Å². The lowest BCUT2D eigenvalue weighted by atomic mass is 10.0. The van der Waals surface area contributed by atoms with Gasteiger partial charge in [0.1, 0.15) is 12.3 Å². The van der Waals surface area contributed by atoms with Crippen LogP contribution in [0.3, 0.4) is 0 Å². The molecule has 1 atom stereocenters. The highest BCUT2D eigenvalue weighted by atomic mass is 19.4. The van der Waals surface area contributed by atoms with E-state index in [1.165, 1.54) is 17.4 Å². The maximum atomic E-state index is 13.4. The number of alkyl halides is 3. The van der Waals surface area contributed by atoms with Crippen molar-refractivity contribution in [3.63, 3.8) is 0 Å². The summed E-state index contributed by atoms with van der Waals surface area (Å²) in [5, 5.41) is 3.06. The van der Waals surface area contributed by atoms with E-state index in [9.17, 15) is 18.0 Å². The van der Waals surface area contributed by atoms with Gasteiger partial charge in [-0.05, 0) is 18.9 Å². The van der Waals surface area contributed by atoms with Crippen molar-refractivity contribution in [3.05, 3.63) is 24.2 Å². The molecule has 3 heterocycles. The van der Waals surface area contributed by atoms with Gasteiger partial charge in [0, 0.05) is 38.8 Å². The first kappa shape index (κ1) is 19.2. The molecule has 26 heavy (non-hydrogen) atoms. The van der Waals surface area contributed by atoms with E-state index in [2.05, 4.69) is 5.32 Å². The van der Waals surface area contributed by atoms with Crippen molar-refractivity contribution in [2.45, 2.75) is 31.1 Å². The minimum atomic E-state index is -4.28. The number of likely N-dealkylation sites (tertiary alicyclic amines) is 1. The fourth-order valence-corrected chi connectivity index (χ4v) is 3.47. The van der Waals surface area contributed by atoms with Crippen LogP contribution in [0.2, 0.25) is 0 Å². The van der Waals surface area contributed by atoms with E-state index in [0.29, 0.717) is 57.8 Å². The number of furan rings is 1. The molecule has 0 aliphatic carbocycles. The number of amides is 1. The molecule has 2 aliphatic rings. The van der Waals surface area contributed by atoms with Gasteiger partial charge in [0.05, 0.1) is 25.0 Å². The third-order valence-corrected chi connectivity index (χ3v) is 5.01. The first-order chi connectivity index (χ1) is 12.4. The van der Waals surface area contributed by atoms with E-state index < -0.39 is 12.2 Å². The van der Waals surface area contributed by atoms with Gasteiger partial charge in [-0.1, -0.05) is 0 Å². The largest absolute Gasteiger partial charge is 0.472 e. The molecule has 0 bridgehead atoms. The first-order valence-electron chi connectivity index (χ1n) is 8.88. The number of piperidine rings is 1. The molecule has 0 radical (unpaired) electrons. The number of morpholine rings is 1. The third-order valence-electron chi connectivity index (χ3n) is 5.01. The number of hydrogen-bond donors (Lipinski definition) is 1. The van der Waals surface area contributed by atoms with Crippen LogP contribution in [0.4, 0.5) is 13.2 Å². The monoisotopic (exact) mass is 375 g/mol. The molecule has 9 heteroatoms. The summed E-state index contributed by atoms with van der Waals surface area (Å²) < 4.78 is 50.3. The lowest BCUT2D eigenvalue weighted by Gasteiger charge is -2.37. The smallest absolute Gasteiger partial charge is 0.405 e. The fourth-order valence-electron chi connectivity index (χ4n) is 3.47. The minimum Gasteiger partial charge on any atom is -0.472 e. The second-order valence-electron chi connectivity index (χ2n) is 6.69. The van der Waals surface area contributed by atoms with E-state index in [1.54, 1.807) is 11.0 Å². The van der Waals surface area contributed by atoms with E-state index in [-0.39, 0.29) is 18.5 Å². The number of rotatable bonds is 5. The van der Waals surface area contributed by atoms with Gasteiger partial charge in [-0.2, -0.15) is 13.2 Å². The summed E-state index contributed by atoms with van der Waals surface area (Å²) in [6, 6.07) is 0.0921. The topological polar surface area (TPSA) is 58.0 Å². The van der Waals surface area contributed by atoms with E-state index in [0.717, 1.165) is 0 Å². The fraction of sp³-hybridized carbons (Fsp3) is 0.706. The maximum Gasteiger partial charge on any atom is 0.405 e. The van der Waals surface area contributed by atoms with Crippen molar-refractivity contribution in [1.29, 1.82) is 0 Å². The number of nitrogens with zero attached hydrogens (tertiary/aromatic N) is 2. The van der Waals surface area contributed by atoms with Gasteiger partial charge >= 0.3 is 6.18 Å². The van der Waals surface area contributed by atoms with Crippen molar-refractivity contribution in [1.82, 2.24) is 15.1 Å². The van der Waals surface area contributed by atoms with Crippen molar-refractivity contribution < 1.29 is 27.1 Å². The molecule has 0 saturated carbocycles. The summed E-state index contributed by atoms with van der Waals surface area (Å²) >= 11 is 0. The van der Waals surface area contributed by atoms with Gasteiger partial charge in [0.25, 0.3) is 5.91 Å². The molecule has 1 aromatic heterocycles. The van der Waals surface area contributed by atoms with Gasteiger partial charge in [-0.3, -0.25) is 9.69 Å². The summed E-state index contributed by atoms with van der Waals surface area (Å²) in [5.41, 5.74) is 0.501. The zero-order valence-corrected chi connectivity index (χ0v) is 14.5. The molecule has 1 amide bonds. The predicted octanol–water partition coefficient (Wildman–Crippen LogP) is 1.74. The van der Waals surface area contributed by atoms with Gasteiger partial charge in [0.15, 0.2) is 0 Å². The Kier molecular flexibility index (Phi) is 6.20. The van der Waals surface area contributed by atoms with Gasteiger partial charge in [-0.25, -0.2) is 0 Å². The standard InChI is InChI=1S/C17H24F3N3O3/c18-17(19,20)15(22-6-9-25-10-7-22)11-21-14-1-4-23(5-2-14)16(24)13-3-8-26-12-13/h3,8,12,14-15,21H,1-2,4-7,9-11H2. The summed E-state index contributed by atoms with van der Waals surface area (Å²) in [5.74, 6) is -0.0984. The van der Waals surface area contributed by atoms with E-state index >= 15 is 0 Å². The molecule has 1 aromatic rings. The van der Waals surface area contributed by atoms with Gasteiger partial charge < -0.3 is 19.4 Å². The Morgan fingerprint density at radius 3 is 2.50 bits per heavy atom. The summed E-state index contributed by atoms with van der Waals surface area (Å²) in [4.78, 5) is 15.4. The Morgan fingerprint density at radius 2 is 1.92 bits per heavy atom. The maximum absolute atomic E-state index is 13.4. The average molecular weight is 375 g/mol. The van der Waals surface area contributed by atoms with Crippen LogP contribution >= 0.6 is 0 Å². The van der Waals surface area contributed by atoms with Crippen LogP contribution in [0, 0.1) is 0 Å². The number of nitrogens with one attached hydrogen (secondary N) is 1. The Labute approximate surface area is 150 Å². The van der Waals surface area contributed by atoms with Crippen molar-refractivity contribution >= 4 is 5.91 Å². The number of carbonyl (C=O) groups excluding carboxylic acids is 1. The van der Waals surface area contributed by atoms with E-state index in [4.69, 9.17) is 9.15 Å². The summed E-state index contributed by atoms with van der Waals surface area (Å²) in [6.45, 7) is 2.17. The van der Waals surface area contributed by atoms with Crippen LogP contribution in [-0.4, -0.2) is 79.9 Å². The molecule has 0 spiro atoms. The third kappa shape index (κ3) is 4.77. The Hall–Kier alpha value is -1.58. The number of halogens is 3. The average Bonchev–Trinajstić information content (AvgIpc) is 3.16. The number of carbonyl (C=O) groups is 1. The molecule has 0 aromatic carbocycles. The summed E-state index contributed by atoms with van der Waals surface area (Å²) in [6.07, 6.45) is -0.149. The van der Waals surface area contributed by atoms with Crippen molar-refractivity contribution in [3.8, 4) is 0 Å². The molecule has 2 fully saturated rings. The van der Waals surface area contributed by atoms with Crippen LogP contribution in [-0.2, 0) is 4.74 Å². The molecule has 146 valence electrons. The van der Waals surface area contributed by atoms with Crippen LogP contribution in [0.25, 0.3) is 0 Å². The van der Waals surface area contributed by atoms with Crippen molar-refractivity contribution in [2.24, 2.45) is 0 Å². The summed E-state index contributed by atoms with van der Waals surface area (Å²) in [7, 11) is 0. The molecule has 2 aliphatic heterocycles. The van der Waals surface area contributed by atoms with Crippen LogP contribution in [0.1, 0.15) is 23.2 Å². The second-order valence-corrected chi connectivity index (χ2v) is 6.69. The molecular weight excluding hydrogens is 351 g/mol. The minimum absolute atomic E-state index is 0.0192. The van der Waals surface area contributed by atoms with Gasteiger partial charge in [0.2, 0.25) is 0 Å². The zero-order valence-electron chi connectivity index (χ0n) is 14.5. The van der Waals surface area contributed by atoms with Crippen LogP contribution in [0.15, 0.2) is 23.0 Å². The quantitative estimate of drug-likeness (QED) is 0.850. The lowest BCUT2D eigenvalue weighted by molar-refractivity contribution is -0.190. The van der Waals surface area contributed by atoms with Gasteiger partial charge in [-0.15, -0.1) is 0 Å². The first-order valence-corrected chi connectivity index (χ1v) is 8.88. The zero-order chi connectivity index (χ0) is 18.6. The Balaban J connectivity index is 1.48. The molecule has 3 rings (SSSR count). The molecule has 6 nitrogen and oxygen atoms in total. The highest BCUT2D eigenvalue weighted by molar-refractivity contribution is 5.93. The van der Waals surface area contributed by atoms with E-state index in [1.807, 2.05) is 0 Å². The molecule has 1 N–H and O–H groups in total. The Morgan fingerprint density at radius 1 is 1.23 bits per heavy atom. The molecule has 1 unspecified atom stereocenters. The van der Waals surface area contributed by atoms with Crippen LogP contribution < -0.4 is 5.32 Å². The predicted molar refractivity (Wildman–Crippen MR) is 87.9 cm³/mol. The number of hydrogen-bond acceptors (Lipinski definition) is 5. The normalized spacial score (nSPS) is 21.7. The number of ether oxygens (including phenoxy) is 1. The SMILES string of the molecule is O=C(c1ccoc1)N1CCC(NCC(N2CCOCC2)C(F)(F)F)CC1. The molecular formula is C17H24F3N3O3. The van der Waals surface area contributed by atoms with Crippen molar-refractivity contribution in [2.75, 3.05) is 45.9 Å². The highest BCUT2D eigenvalue weighted by Gasteiger charge is 2.44. The second kappa shape index (κ2) is 8.41.